The molecule has 0 atom stereocenters. The summed E-state index contributed by atoms with van der Waals surface area (Å²) in [5.41, 5.74) is 0.00213. The lowest BCUT2D eigenvalue weighted by Gasteiger charge is -2.21. The number of amides is 2. The van der Waals surface area contributed by atoms with Gasteiger partial charge in [-0.2, -0.15) is 0 Å². The van der Waals surface area contributed by atoms with Crippen molar-refractivity contribution in [2.45, 2.75) is 6.92 Å². The first-order chi connectivity index (χ1) is 9.56. The van der Waals surface area contributed by atoms with Crippen LogP contribution < -0.4 is 4.90 Å². The number of rotatable bonds is 6. The van der Waals surface area contributed by atoms with Crippen LogP contribution in [0.2, 0.25) is 0 Å². The summed E-state index contributed by atoms with van der Waals surface area (Å²) in [6.45, 7) is 4.59. The average molecular weight is 276 g/mol. The number of carbonyl (C=O) groups is 2. The third kappa shape index (κ3) is 3.27. The number of hydrogen-bond acceptors (Lipinski definition) is 5. The number of hydrogen-bond donors (Lipinski definition) is 1. The molecule has 0 saturated carbocycles. The zero-order chi connectivity index (χ0) is 15.1. The van der Waals surface area contributed by atoms with Crippen molar-refractivity contribution >= 4 is 23.9 Å². The standard InChI is InChI=1S/C13H14N3O4/c1-3-11(18)15(8-9-17)12-10(6-5-7-14-12)13(19)16(20)4-2/h3,5-7,20H,1,4,8H2,2H3. The predicted octanol–water partition coefficient (Wildman–Crippen LogP) is 0.562. The van der Waals surface area contributed by atoms with Crippen molar-refractivity contribution in [2.75, 3.05) is 18.0 Å². The quantitative estimate of drug-likeness (QED) is 0.466. The van der Waals surface area contributed by atoms with Crippen LogP contribution >= 0.6 is 0 Å². The first kappa shape index (κ1) is 15.5. The van der Waals surface area contributed by atoms with Gasteiger partial charge < -0.3 is 0 Å². The van der Waals surface area contributed by atoms with E-state index in [9.17, 15) is 19.6 Å². The highest BCUT2D eigenvalue weighted by Crippen LogP contribution is 2.18. The van der Waals surface area contributed by atoms with E-state index in [0.29, 0.717) is 5.06 Å². The topological polar surface area (TPSA) is 90.8 Å². The summed E-state index contributed by atoms with van der Waals surface area (Å²) < 4.78 is 0. The van der Waals surface area contributed by atoms with E-state index in [0.717, 1.165) is 11.0 Å². The van der Waals surface area contributed by atoms with Gasteiger partial charge in [-0.3, -0.25) is 24.5 Å². The van der Waals surface area contributed by atoms with Crippen molar-refractivity contribution in [1.82, 2.24) is 10.0 Å². The SMILES string of the molecule is C=CC(=O)N(C[C]=O)c1ncccc1C(=O)N(O)CC. The molecule has 7 heteroatoms. The van der Waals surface area contributed by atoms with Crippen LogP contribution in [0.1, 0.15) is 17.3 Å². The Morgan fingerprint density at radius 2 is 2.25 bits per heavy atom. The average Bonchev–Trinajstić information content (AvgIpc) is 2.50. The molecular formula is C13H14N3O4. The van der Waals surface area contributed by atoms with Gasteiger partial charge in [-0.15, -0.1) is 0 Å². The molecule has 7 nitrogen and oxygen atoms in total. The Hall–Kier alpha value is -2.54. The Balaban J connectivity index is 3.28. The van der Waals surface area contributed by atoms with Crippen LogP contribution in [0.5, 0.6) is 0 Å². The maximum Gasteiger partial charge on any atom is 0.280 e. The minimum atomic E-state index is -0.719. The molecule has 0 aromatic carbocycles. The molecule has 105 valence electrons. The van der Waals surface area contributed by atoms with Crippen molar-refractivity contribution in [3.63, 3.8) is 0 Å². The molecule has 1 aromatic rings. The Kier molecular flexibility index (Phi) is 5.55. The van der Waals surface area contributed by atoms with Gasteiger partial charge in [0.15, 0.2) is 0 Å². The Morgan fingerprint density at radius 3 is 2.80 bits per heavy atom. The molecule has 2 amide bonds. The first-order valence-electron chi connectivity index (χ1n) is 5.81. The van der Waals surface area contributed by atoms with Crippen molar-refractivity contribution in [1.29, 1.82) is 0 Å². The Morgan fingerprint density at radius 1 is 1.55 bits per heavy atom. The second kappa shape index (κ2) is 7.15. The predicted molar refractivity (Wildman–Crippen MR) is 71.0 cm³/mol. The fraction of sp³-hybridized carbons (Fsp3) is 0.231. The molecule has 20 heavy (non-hydrogen) atoms. The smallest absolute Gasteiger partial charge is 0.280 e. The van der Waals surface area contributed by atoms with Crippen LogP contribution in [0, 0.1) is 0 Å². The fourth-order valence-electron chi connectivity index (χ4n) is 1.49. The molecule has 0 saturated heterocycles. The van der Waals surface area contributed by atoms with Crippen LogP contribution in [0.4, 0.5) is 5.82 Å². The highest BCUT2D eigenvalue weighted by molar-refractivity contribution is 6.07. The lowest BCUT2D eigenvalue weighted by molar-refractivity contribution is -0.114. The van der Waals surface area contributed by atoms with Crippen LogP contribution in [0.3, 0.4) is 0 Å². The number of pyridine rings is 1. The van der Waals surface area contributed by atoms with Gasteiger partial charge in [0.2, 0.25) is 6.29 Å². The lowest BCUT2D eigenvalue weighted by Crippen LogP contribution is -2.35. The van der Waals surface area contributed by atoms with Gasteiger partial charge >= 0.3 is 0 Å². The van der Waals surface area contributed by atoms with Crippen LogP contribution in [-0.4, -0.2) is 46.4 Å². The van der Waals surface area contributed by atoms with Crippen molar-refractivity contribution in [3.8, 4) is 0 Å². The summed E-state index contributed by atoms with van der Waals surface area (Å²) in [4.78, 5) is 39.1. The van der Waals surface area contributed by atoms with Crippen molar-refractivity contribution in [2.24, 2.45) is 0 Å². The zero-order valence-corrected chi connectivity index (χ0v) is 10.9. The second-order valence-electron chi connectivity index (χ2n) is 3.67. The van der Waals surface area contributed by atoms with E-state index in [4.69, 9.17) is 0 Å². The van der Waals surface area contributed by atoms with E-state index >= 15 is 0 Å². The highest BCUT2D eigenvalue weighted by atomic mass is 16.5. The maximum atomic E-state index is 12.0. The minimum absolute atomic E-state index is 0.00213. The molecule has 1 radical (unpaired) electrons. The Bertz CT molecular complexity index is 530. The van der Waals surface area contributed by atoms with Crippen LogP contribution in [0.15, 0.2) is 31.0 Å². The van der Waals surface area contributed by atoms with Gasteiger partial charge in [0.1, 0.15) is 5.82 Å². The molecule has 0 aliphatic heterocycles. The normalized spacial score (nSPS) is 9.70. The summed E-state index contributed by atoms with van der Waals surface area (Å²) in [6.07, 6.45) is 3.94. The molecule has 0 unspecified atom stereocenters. The van der Waals surface area contributed by atoms with E-state index < -0.39 is 11.8 Å². The van der Waals surface area contributed by atoms with Gasteiger partial charge in [-0.1, -0.05) is 6.58 Å². The number of nitrogens with zero attached hydrogens (tertiary/aromatic N) is 3. The molecule has 0 fully saturated rings. The van der Waals surface area contributed by atoms with E-state index in [1.165, 1.54) is 18.3 Å². The molecule has 1 aromatic heterocycles. The Labute approximate surface area is 116 Å². The van der Waals surface area contributed by atoms with Crippen LogP contribution in [-0.2, 0) is 9.59 Å². The number of aromatic nitrogens is 1. The number of hydroxylamine groups is 2. The van der Waals surface area contributed by atoms with Gasteiger partial charge in [0.25, 0.3) is 11.8 Å². The number of anilines is 1. The van der Waals surface area contributed by atoms with E-state index in [1.807, 2.05) is 0 Å². The van der Waals surface area contributed by atoms with E-state index in [-0.39, 0.29) is 24.5 Å². The van der Waals surface area contributed by atoms with Gasteiger partial charge in [0, 0.05) is 12.7 Å². The second-order valence-corrected chi connectivity index (χ2v) is 3.67. The molecule has 1 heterocycles. The van der Waals surface area contributed by atoms with Gasteiger partial charge in [-0.05, 0) is 25.1 Å². The molecule has 1 N–H and O–H groups in total. The summed E-state index contributed by atoms with van der Waals surface area (Å²) in [6, 6.07) is 2.89. The molecule has 0 aliphatic rings. The fourth-order valence-corrected chi connectivity index (χ4v) is 1.49. The summed E-state index contributed by atoms with van der Waals surface area (Å²) in [7, 11) is 0. The zero-order valence-electron chi connectivity index (χ0n) is 10.9. The number of carbonyl (C=O) groups excluding carboxylic acids is 3. The van der Waals surface area contributed by atoms with E-state index in [2.05, 4.69) is 11.6 Å². The third-order valence-electron chi connectivity index (χ3n) is 2.47. The molecule has 0 aliphatic carbocycles. The monoisotopic (exact) mass is 276 g/mol. The molecule has 1 rings (SSSR count). The summed E-state index contributed by atoms with van der Waals surface area (Å²) >= 11 is 0. The van der Waals surface area contributed by atoms with Crippen molar-refractivity contribution < 1.29 is 19.6 Å². The van der Waals surface area contributed by atoms with E-state index in [1.54, 1.807) is 13.2 Å². The lowest BCUT2D eigenvalue weighted by atomic mass is 10.2. The molecular weight excluding hydrogens is 262 g/mol. The third-order valence-corrected chi connectivity index (χ3v) is 2.47. The molecule has 0 bridgehead atoms. The molecule has 0 spiro atoms. The largest absolute Gasteiger partial charge is 0.289 e. The van der Waals surface area contributed by atoms with Gasteiger partial charge in [0.05, 0.1) is 12.1 Å². The minimum Gasteiger partial charge on any atom is -0.289 e. The first-order valence-corrected chi connectivity index (χ1v) is 5.81. The summed E-state index contributed by atoms with van der Waals surface area (Å²) in [5, 5.41) is 9.95. The van der Waals surface area contributed by atoms with Crippen LogP contribution in [0.25, 0.3) is 0 Å². The highest BCUT2D eigenvalue weighted by Gasteiger charge is 2.23. The maximum absolute atomic E-state index is 12.0. The summed E-state index contributed by atoms with van der Waals surface area (Å²) in [5.74, 6) is -1.34. The van der Waals surface area contributed by atoms with Gasteiger partial charge in [-0.25, -0.2) is 10.0 Å². The van der Waals surface area contributed by atoms with Crippen molar-refractivity contribution in [3.05, 3.63) is 36.5 Å².